The number of aliphatic hydroxyl groups is 1. The third-order valence-electron chi connectivity index (χ3n) is 2.86. The van der Waals surface area contributed by atoms with Crippen LogP contribution in [0.1, 0.15) is 17.4 Å². The van der Waals surface area contributed by atoms with E-state index in [2.05, 4.69) is 10.3 Å². The van der Waals surface area contributed by atoms with Crippen molar-refractivity contribution in [3.8, 4) is 0 Å². The lowest BCUT2D eigenvalue weighted by atomic mass is 10.1. The minimum atomic E-state index is -0.695. The van der Waals surface area contributed by atoms with Crippen molar-refractivity contribution in [1.29, 1.82) is 0 Å². The van der Waals surface area contributed by atoms with Crippen molar-refractivity contribution in [3.63, 3.8) is 0 Å². The fourth-order valence-corrected chi connectivity index (χ4v) is 1.83. The van der Waals surface area contributed by atoms with Gasteiger partial charge < -0.3 is 10.4 Å². The molecule has 2 aromatic rings. The molecule has 1 heterocycles. The number of nitrogens with zero attached hydrogens (tertiary/aromatic N) is 1. The molecule has 0 aliphatic rings. The van der Waals surface area contributed by atoms with Crippen LogP contribution >= 0.6 is 0 Å². The van der Waals surface area contributed by atoms with Gasteiger partial charge in [0.1, 0.15) is 5.82 Å². The van der Waals surface area contributed by atoms with Gasteiger partial charge in [-0.1, -0.05) is 18.2 Å². The van der Waals surface area contributed by atoms with E-state index < -0.39 is 6.10 Å². The molecule has 0 bridgehead atoms. The van der Waals surface area contributed by atoms with E-state index in [0.717, 1.165) is 18.7 Å². The standard InChI is InChI=1S/C15H17FN2O/c16-13-5-3-4-12(10-13)15(19)11-17-9-7-14-6-1-2-8-18-14/h1-6,8,10,15,17,19H,7,9,11H2. The minimum Gasteiger partial charge on any atom is -0.387 e. The van der Waals surface area contributed by atoms with E-state index in [-0.39, 0.29) is 5.82 Å². The number of rotatable bonds is 6. The Balaban J connectivity index is 1.74. The first kappa shape index (κ1) is 13.6. The summed E-state index contributed by atoms with van der Waals surface area (Å²) in [6.07, 6.45) is 1.87. The van der Waals surface area contributed by atoms with Crippen LogP contribution in [0.25, 0.3) is 0 Å². The largest absolute Gasteiger partial charge is 0.387 e. The fourth-order valence-electron chi connectivity index (χ4n) is 1.83. The van der Waals surface area contributed by atoms with Gasteiger partial charge in [0.2, 0.25) is 0 Å². The minimum absolute atomic E-state index is 0.329. The Bertz CT molecular complexity index is 505. The first-order valence-corrected chi connectivity index (χ1v) is 6.30. The molecule has 2 rings (SSSR count). The number of nitrogens with one attached hydrogen (secondary N) is 1. The average Bonchev–Trinajstić information content (AvgIpc) is 2.44. The lowest BCUT2D eigenvalue weighted by Gasteiger charge is -2.12. The number of hydrogen-bond acceptors (Lipinski definition) is 3. The number of hydrogen-bond donors (Lipinski definition) is 2. The van der Waals surface area contributed by atoms with Crippen molar-refractivity contribution in [3.05, 3.63) is 65.7 Å². The van der Waals surface area contributed by atoms with Gasteiger partial charge in [0.15, 0.2) is 0 Å². The third-order valence-corrected chi connectivity index (χ3v) is 2.86. The molecule has 0 fully saturated rings. The summed E-state index contributed by atoms with van der Waals surface area (Å²) in [6, 6.07) is 11.8. The SMILES string of the molecule is OC(CNCCc1ccccn1)c1cccc(F)c1. The Kier molecular flexibility index (Phi) is 5.01. The Morgan fingerprint density at radius 3 is 2.84 bits per heavy atom. The van der Waals surface area contributed by atoms with E-state index >= 15 is 0 Å². The van der Waals surface area contributed by atoms with Gasteiger partial charge in [0.05, 0.1) is 6.10 Å². The average molecular weight is 260 g/mol. The number of aromatic nitrogens is 1. The third kappa shape index (κ3) is 4.43. The van der Waals surface area contributed by atoms with Crippen molar-refractivity contribution in [2.45, 2.75) is 12.5 Å². The smallest absolute Gasteiger partial charge is 0.123 e. The summed E-state index contributed by atoms with van der Waals surface area (Å²) in [7, 11) is 0. The first-order valence-electron chi connectivity index (χ1n) is 6.30. The van der Waals surface area contributed by atoms with Gasteiger partial charge in [-0.3, -0.25) is 4.98 Å². The normalized spacial score (nSPS) is 12.3. The Labute approximate surface area is 112 Å². The zero-order valence-corrected chi connectivity index (χ0v) is 10.6. The van der Waals surface area contributed by atoms with Crippen molar-refractivity contribution in [1.82, 2.24) is 10.3 Å². The monoisotopic (exact) mass is 260 g/mol. The van der Waals surface area contributed by atoms with E-state index in [1.54, 1.807) is 18.3 Å². The molecule has 3 nitrogen and oxygen atoms in total. The maximum absolute atomic E-state index is 13.0. The van der Waals surface area contributed by atoms with Gasteiger partial charge in [0, 0.05) is 31.4 Å². The van der Waals surface area contributed by atoms with Gasteiger partial charge >= 0.3 is 0 Å². The summed E-state index contributed by atoms with van der Waals surface area (Å²) in [6.45, 7) is 1.12. The molecule has 0 aliphatic heterocycles. The topological polar surface area (TPSA) is 45.1 Å². The Morgan fingerprint density at radius 1 is 1.21 bits per heavy atom. The lowest BCUT2D eigenvalue weighted by molar-refractivity contribution is 0.174. The van der Waals surface area contributed by atoms with Gasteiger partial charge in [0.25, 0.3) is 0 Å². The van der Waals surface area contributed by atoms with Gasteiger partial charge in [-0.15, -0.1) is 0 Å². The van der Waals surface area contributed by atoms with Crippen LogP contribution in [0.4, 0.5) is 4.39 Å². The van der Waals surface area contributed by atoms with Crippen LogP contribution in [0.5, 0.6) is 0 Å². The molecule has 0 aliphatic carbocycles. The highest BCUT2D eigenvalue weighted by Gasteiger charge is 2.07. The number of halogens is 1. The van der Waals surface area contributed by atoms with E-state index in [0.29, 0.717) is 12.1 Å². The van der Waals surface area contributed by atoms with Gasteiger partial charge in [-0.05, 0) is 29.8 Å². The zero-order valence-electron chi connectivity index (χ0n) is 10.6. The van der Waals surface area contributed by atoms with E-state index in [4.69, 9.17) is 0 Å². The molecule has 0 amide bonds. The maximum Gasteiger partial charge on any atom is 0.123 e. The lowest BCUT2D eigenvalue weighted by Crippen LogP contribution is -2.24. The maximum atomic E-state index is 13.0. The Morgan fingerprint density at radius 2 is 2.11 bits per heavy atom. The molecule has 19 heavy (non-hydrogen) atoms. The summed E-state index contributed by atoms with van der Waals surface area (Å²) in [5, 5.41) is 13.0. The summed E-state index contributed by atoms with van der Waals surface area (Å²) in [5.74, 6) is -0.329. The van der Waals surface area contributed by atoms with Crippen molar-refractivity contribution in [2.24, 2.45) is 0 Å². The molecule has 2 N–H and O–H groups in total. The van der Waals surface area contributed by atoms with Gasteiger partial charge in [-0.2, -0.15) is 0 Å². The molecule has 1 unspecified atom stereocenters. The number of pyridine rings is 1. The van der Waals surface area contributed by atoms with Gasteiger partial charge in [-0.25, -0.2) is 4.39 Å². The molecule has 0 saturated carbocycles. The first-order chi connectivity index (χ1) is 9.25. The quantitative estimate of drug-likeness (QED) is 0.782. The molecule has 0 saturated heterocycles. The predicted octanol–water partition coefficient (Wildman–Crippen LogP) is 2.09. The van der Waals surface area contributed by atoms with E-state index in [1.165, 1.54) is 12.1 Å². The van der Waals surface area contributed by atoms with Crippen molar-refractivity contribution < 1.29 is 9.50 Å². The number of aliphatic hydroxyl groups excluding tert-OH is 1. The predicted molar refractivity (Wildman–Crippen MR) is 72.2 cm³/mol. The highest BCUT2D eigenvalue weighted by Crippen LogP contribution is 2.12. The molecule has 100 valence electrons. The molecule has 4 heteroatoms. The Hall–Kier alpha value is -1.78. The van der Waals surface area contributed by atoms with Crippen molar-refractivity contribution >= 4 is 0 Å². The van der Waals surface area contributed by atoms with E-state index in [1.807, 2.05) is 18.2 Å². The summed E-state index contributed by atoms with van der Waals surface area (Å²) in [5.41, 5.74) is 1.60. The molecule has 0 radical (unpaired) electrons. The second-order valence-electron chi connectivity index (χ2n) is 4.35. The summed E-state index contributed by atoms with van der Waals surface area (Å²) < 4.78 is 13.0. The highest BCUT2D eigenvalue weighted by molar-refractivity contribution is 5.18. The summed E-state index contributed by atoms with van der Waals surface area (Å²) >= 11 is 0. The van der Waals surface area contributed by atoms with Crippen LogP contribution in [0.3, 0.4) is 0 Å². The molecule has 1 aromatic heterocycles. The van der Waals surface area contributed by atoms with Crippen LogP contribution in [-0.2, 0) is 6.42 Å². The second kappa shape index (κ2) is 6.97. The molecular weight excluding hydrogens is 243 g/mol. The van der Waals surface area contributed by atoms with Crippen molar-refractivity contribution in [2.75, 3.05) is 13.1 Å². The van der Waals surface area contributed by atoms with Crippen LogP contribution < -0.4 is 5.32 Å². The summed E-state index contributed by atoms with van der Waals surface area (Å²) in [4.78, 5) is 4.21. The van der Waals surface area contributed by atoms with Crippen LogP contribution in [0.15, 0.2) is 48.7 Å². The van der Waals surface area contributed by atoms with Crippen LogP contribution in [0.2, 0.25) is 0 Å². The molecule has 0 spiro atoms. The zero-order chi connectivity index (χ0) is 13.5. The van der Waals surface area contributed by atoms with Crippen LogP contribution in [-0.4, -0.2) is 23.2 Å². The fraction of sp³-hybridized carbons (Fsp3) is 0.267. The van der Waals surface area contributed by atoms with Crippen LogP contribution in [0, 0.1) is 5.82 Å². The second-order valence-corrected chi connectivity index (χ2v) is 4.35. The molecule has 1 atom stereocenters. The highest BCUT2D eigenvalue weighted by atomic mass is 19.1. The number of benzene rings is 1. The molecular formula is C15H17FN2O. The van der Waals surface area contributed by atoms with E-state index in [9.17, 15) is 9.50 Å². The molecule has 1 aromatic carbocycles.